The number of hydrogen-bond acceptors (Lipinski definition) is 6. The van der Waals surface area contributed by atoms with E-state index in [0.717, 1.165) is 33.7 Å². The van der Waals surface area contributed by atoms with Gasteiger partial charge in [0.15, 0.2) is 0 Å². The van der Waals surface area contributed by atoms with Crippen LogP contribution in [-0.4, -0.2) is 42.4 Å². The van der Waals surface area contributed by atoms with Gasteiger partial charge < -0.3 is 20.3 Å². The molecule has 1 saturated heterocycles. The molecule has 8 nitrogen and oxygen atoms in total. The summed E-state index contributed by atoms with van der Waals surface area (Å²) in [5.74, 6) is -0.766. The van der Waals surface area contributed by atoms with Crippen molar-refractivity contribution in [3.8, 4) is 5.75 Å². The smallest absolute Gasteiger partial charge is 0.331 e. The molecule has 214 valence electrons. The molecule has 1 aromatic heterocycles. The Morgan fingerprint density at radius 2 is 1.49 bits per heavy atom. The lowest BCUT2D eigenvalue weighted by Gasteiger charge is -2.38. The molecule has 41 heavy (non-hydrogen) atoms. The third kappa shape index (κ3) is 5.74. The van der Waals surface area contributed by atoms with E-state index >= 15 is 0 Å². The number of nitrogens with zero attached hydrogens (tertiary/aromatic N) is 4. The minimum absolute atomic E-state index is 0.0848. The lowest BCUT2D eigenvalue weighted by atomic mass is 10.1. The van der Waals surface area contributed by atoms with Crippen molar-refractivity contribution in [2.24, 2.45) is 5.73 Å². The Labute approximate surface area is 236 Å². The number of aromatic nitrogens is 2. The molecule has 1 aliphatic heterocycles. The highest BCUT2D eigenvalue weighted by atomic mass is 19.1. The van der Waals surface area contributed by atoms with Crippen molar-refractivity contribution in [3.05, 3.63) is 122 Å². The Kier molecular flexibility index (Phi) is 8.21. The zero-order valence-corrected chi connectivity index (χ0v) is 23.1. The van der Waals surface area contributed by atoms with E-state index in [0.29, 0.717) is 37.6 Å². The Bertz CT molecular complexity index is 1630. The van der Waals surface area contributed by atoms with E-state index in [-0.39, 0.29) is 18.7 Å². The molecule has 1 aliphatic rings. The second-order valence-electron chi connectivity index (χ2n) is 10.1. The highest BCUT2D eigenvalue weighted by molar-refractivity contribution is 5.55. The van der Waals surface area contributed by atoms with Crippen LogP contribution in [0.3, 0.4) is 0 Å². The predicted molar refractivity (Wildman–Crippen MR) is 156 cm³/mol. The maximum Gasteiger partial charge on any atom is 0.331 e. The summed E-state index contributed by atoms with van der Waals surface area (Å²) in [5, 5.41) is 0. The average molecular weight is 562 g/mol. The summed E-state index contributed by atoms with van der Waals surface area (Å²) in [7, 11) is 1.62. The van der Waals surface area contributed by atoms with Gasteiger partial charge in [-0.15, -0.1) is 0 Å². The lowest BCUT2D eigenvalue weighted by Crippen LogP contribution is -2.51. The molecule has 0 saturated carbocycles. The minimum atomic E-state index is -0.761. The molecular weight excluding hydrogens is 528 g/mol. The zero-order chi connectivity index (χ0) is 29.1. The molecule has 0 aliphatic carbocycles. The van der Waals surface area contributed by atoms with Gasteiger partial charge in [0, 0.05) is 55.2 Å². The Morgan fingerprint density at radius 3 is 2.15 bits per heavy atom. The van der Waals surface area contributed by atoms with Crippen LogP contribution in [0.2, 0.25) is 0 Å². The summed E-state index contributed by atoms with van der Waals surface area (Å²) in [6.07, 6.45) is 0. The van der Waals surface area contributed by atoms with Crippen LogP contribution in [0.5, 0.6) is 5.75 Å². The first-order valence-electron chi connectivity index (χ1n) is 13.5. The number of piperazine rings is 1. The predicted octanol–water partition coefficient (Wildman–Crippen LogP) is 3.68. The molecule has 10 heteroatoms. The average Bonchev–Trinajstić information content (AvgIpc) is 2.99. The number of rotatable bonds is 8. The summed E-state index contributed by atoms with van der Waals surface area (Å²) in [6.45, 7) is 3.45. The van der Waals surface area contributed by atoms with Crippen LogP contribution in [0.4, 0.5) is 20.2 Å². The van der Waals surface area contributed by atoms with Gasteiger partial charge in [0.1, 0.15) is 23.1 Å². The van der Waals surface area contributed by atoms with Crippen LogP contribution in [0, 0.1) is 18.6 Å². The van der Waals surface area contributed by atoms with E-state index in [9.17, 15) is 18.4 Å². The summed E-state index contributed by atoms with van der Waals surface area (Å²) in [6, 6.07) is 19.9. The number of anilines is 2. The van der Waals surface area contributed by atoms with E-state index in [1.54, 1.807) is 14.0 Å². The molecule has 0 radical (unpaired) electrons. The Balaban J connectivity index is 1.53. The first-order chi connectivity index (χ1) is 19.8. The normalized spacial score (nSPS) is 14.3. The number of nitrogens with two attached hydrogens (primary N) is 1. The van der Waals surface area contributed by atoms with Gasteiger partial charge in [0.25, 0.3) is 5.56 Å². The van der Waals surface area contributed by atoms with Crippen LogP contribution < -0.4 is 31.5 Å². The summed E-state index contributed by atoms with van der Waals surface area (Å²) >= 11 is 0. The molecule has 0 unspecified atom stereocenters. The second kappa shape index (κ2) is 12.0. The Morgan fingerprint density at radius 1 is 0.854 bits per heavy atom. The molecule has 4 aromatic rings. The highest BCUT2D eigenvalue weighted by Gasteiger charge is 2.27. The van der Waals surface area contributed by atoms with Gasteiger partial charge in [-0.05, 0) is 36.8 Å². The van der Waals surface area contributed by atoms with Crippen LogP contribution in [0.25, 0.3) is 0 Å². The number of methoxy groups -OCH3 is 1. The molecule has 1 atom stereocenters. The number of benzene rings is 3. The van der Waals surface area contributed by atoms with Gasteiger partial charge >= 0.3 is 5.69 Å². The van der Waals surface area contributed by atoms with E-state index in [2.05, 4.69) is 4.90 Å². The highest BCUT2D eigenvalue weighted by Crippen LogP contribution is 2.25. The minimum Gasteiger partial charge on any atom is -0.497 e. The quantitative estimate of drug-likeness (QED) is 0.353. The monoisotopic (exact) mass is 561 g/mol. The fourth-order valence-electron chi connectivity index (χ4n) is 5.34. The molecule has 2 heterocycles. The zero-order valence-electron chi connectivity index (χ0n) is 23.1. The van der Waals surface area contributed by atoms with Gasteiger partial charge in [-0.25, -0.2) is 13.6 Å². The van der Waals surface area contributed by atoms with Crippen molar-refractivity contribution >= 4 is 11.4 Å². The SMILES string of the molecule is COc1cccc(N2CCN(c3c(C)n(Cc4c(F)cccc4F)c(=O)n(C[C@@H](N)c4ccccc4)c3=O)CC2)c1. The van der Waals surface area contributed by atoms with Crippen molar-refractivity contribution in [1.29, 1.82) is 0 Å². The fraction of sp³-hybridized carbons (Fsp3) is 0.290. The standard InChI is InChI=1S/C31H33F2N5O3/c1-21-29(36-16-14-35(15-17-36)23-10-6-11-24(18-23)41-2)30(39)38(20-28(34)22-8-4-3-5-9-22)31(40)37(21)19-25-26(32)12-7-13-27(25)33/h3-13,18,28H,14-17,19-20,34H2,1-2H3/t28-/m1/s1. The van der Waals surface area contributed by atoms with Gasteiger partial charge in [-0.3, -0.25) is 13.9 Å². The van der Waals surface area contributed by atoms with Crippen molar-refractivity contribution in [2.45, 2.75) is 26.1 Å². The fourth-order valence-corrected chi connectivity index (χ4v) is 5.34. The first kappa shape index (κ1) is 28.1. The van der Waals surface area contributed by atoms with Crippen molar-refractivity contribution < 1.29 is 13.5 Å². The number of hydrogen-bond donors (Lipinski definition) is 1. The van der Waals surface area contributed by atoms with Crippen molar-refractivity contribution in [1.82, 2.24) is 9.13 Å². The summed E-state index contributed by atoms with van der Waals surface area (Å²) in [4.78, 5) is 31.8. The topological polar surface area (TPSA) is 85.7 Å². The largest absolute Gasteiger partial charge is 0.497 e. The van der Waals surface area contributed by atoms with E-state index in [1.165, 1.54) is 10.6 Å². The molecule has 0 spiro atoms. The van der Waals surface area contributed by atoms with Gasteiger partial charge in [0.2, 0.25) is 0 Å². The third-order valence-electron chi connectivity index (χ3n) is 7.66. The van der Waals surface area contributed by atoms with Crippen molar-refractivity contribution in [2.75, 3.05) is 43.1 Å². The van der Waals surface area contributed by atoms with Gasteiger partial charge in [-0.2, -0.15) is 0 Å². The molecule has 0 amide bonds. The van der Waals surface area contributed by atoms with Crippen LogP contribution in [0.15, 0.2) is 82.4 Å². The molecule has 5 rings (SSSR count). The molecular formula is C31H33F2N5O3. The lowest BCUT2D eigenvalue weighted by molar-refractivity contribution is 0.414. The Hall–Kier alpha value is -4.44. The van der Waals surface area contributed by atoms with Gasteiger partial charge in [-0.1, -0.05) is 42.5 Å². The molecule has 3 aromatic carbocycles. The maximum absolute atomic E-state index is 14.7. The van der Waals surface area contributed by atoms with E-state index in [1.807, 2.05) is 59.5 Å². The van der Waals surface area contributed by atoms with Crippen molar-refractivity contribution in [3.63, 3.8) is 0 Å². The molecule has 0 bridgehead atoms. The van der Waals surface area contributed by atoms with Crippen LogP contribution >= 0.6 is 0 Å². The molecule has 1 fully saturated rings. The summed E-state index contributed by atoms with van der Waals surface area (Å²) < 4.78 is 37.0. The number of halogens is 2. The molecule has 2 N–H and O–H groups in total. The van der Waals surface area contributed by atoms with Crippen LogP contribution in [-0.2, 0) is 13.1 Å². The third-order valence-corrected chi connectivity index (χ3v) is 7.66. The van der Waals surface area contributed by atoms with E-state index < -0.39 is 28.9 Å². The van der Waals surface area contributed by atoms with Crippen LogP contribution in [0.1, 0.15) is 22.9 Å². The number of ether oxygens (including phenoxy) is 1. The van der Waals surface area contributed by atoms with Gasteiger partial charge in [0.05, 0.1) is 20.2 Å². The summed E-state index contributed by atoms with van der Waals surface area (Å²) in [5.41, 5.74) is 7.49. The van der Waals surface area contributed by atoms with E-state index in [4.69, 9.17) is 10.5 Å². The first-order valence-corrected chi connectivity index (χ1v) is 13.5. The maximum atomic E-state index is 14.7. The second-order valence-corrected chi connectivity index (χ2v) is 10.1.